The molecule has 266 valence electrons. The van der Waals surface area contributed by atoms with Crippen LogP contribution < -0.4 is 0 Å². The molecule has 5 nitrogen and oxygen atoms in total. The van der Waals surface area contributed by atoms with E-state index in [1.807, 2.05) is 72.8 Å². The molecule has 4 heterocycles. The summed E-state index contributed by atoms with van der Waals surface area (Å²) in [6.07, 6.45) is 0. The van der Waals surface area contributed by atoms with E-state index in [1.54, 1.807) is 17.4 Å². The van der Waals surface area contributed by atoms with Gasteiger partial charge in [-0.15, -0.1) is 11.3 Å². The number of hydrogen-bond acceptors (Lipinski definition) is 5. The van der Waals surface area contributed by atoms with Crippen LogP contribution in [0.15, 0.2) is 186 Å². The van der Waals surface area contributed by atoms with Crippen molar-refractivity contribution in [3.63, 3.8) is 0 Å². The molecule has 4 aromatic heterocycles. The van der Waals surface area contributed by atoms with E-state index in [-0.39, 0.29) is 17.6 Å². The SMILES string of the molecule is [2H]c1c([2H])c([2H])c(-c2cccc3c2oc2c(-c4nc(-c5ccccc5)nc(-c5cccc6sc7ccccc7c56)n4)cc(-n4c5ccccc5c5ccccc54)cc23)c([2H])c1[2H]. The van der Waals surface area contributed by atoms with E-state index < -0.39 is 18.1 Å². The van der Waals surface area contributed by atoms with Crippen LogP contribution in [0, 0.1) is 0 Å². The molecule has 0 aliphatic rings. The van der Waals surface area contributed by atoms with E-state index in [0.717, 1.165) is 59.5 Å². The van der Waals surface area contributed by atoms with Crippen molar-refractivity contribution in [2.24, 2.45) is 0 Å². The van der Waals surface area contributed by atoms with Gasteiger partial charge in [0.05, 0.1) is 23.5 Å². The van der Waals surface area contributed by atoms with Crippen molar-refractivity contribution < 1.29 is 11.3 Å². The number of para-hydroxylation sites is 3. The molecular weight excluding hydrogens is 717 g/mol. The molecule has 0 fully saturated rings. The average Bonchev–Trinajstić information content (AvgIpc) is 4.00. The first kappa shape index (κ1) is 27.2. The molecule has 0 radical (unpaired) electrons. The fourth-order valence-electron chi connectivity index (χ4n) is 8.26. The Morgan fingerprint density at radius 3 is 1.84 bits per heavy atom. The van der Waals surface area contributed by atoms with Crippen molar-refractivity contribution in [3.8, 4) is 51.0 Å². The van der Waals surface area contributed by atoms with Crippen LogP contribution in [0.25, 0.3) is 115 Å². The molecular formula is C51H30N4OS. The van der Waals surface area contributed by atoms with Gasteiger partial charge in [0, 0.05) is 64.1 Å². The molecule has 0 saturated carbocycles. The molecule has 0 unspecified atom stereocenters. The van der Waals surface area contributed by atoms with E-state index >= 15 is 0 Å². The molecule has 0 atom stereocenters. The normalized spacial score (nSPS) is 13.1. The second-order valence-electron chi connectivity index (χ2n) is 14.0. The molecule has 12 rings (SSSR count). The zero-order valence-electron chi connectivity index (χ0n) is 35.0. The maximum Gasteiger partial charge on any atom is 0.167 e. The summed E-state index contributed by atoms with van der Waals surface area (Å²) in [5.41, 5.74) is 6.50. The van der Waals surface area contributed by atoms with Gasteiger partial charge in [-0.1, -0.05) is 145 Å². The number of aromatic nitrogens is 4. The minimum atomic E-state index is -0.454. The lowest BCUT2D eigenvalue weighted by Gasteiger charge is -2.13. The first-order valence-electron chi connectivity index (χ1n) is 21.1. The minimum absolute atomic E-state index is 0.0646. The second kappa shape index (κ2) is 12.6. The Morgan fingerprint density at radius 1 is 0.456 bits per heavy atom. The maximum absolute atomic E-state index is 8.90. The van der Waals surface area contributed by atoms with Gasteiger partial charge in [-0.25, -0.2) is 15.0 Å². The van der Waals surface area contributed by atoms with Crippen LogP contribution >= 0.6 is 11.3 Å². The fourth-order valence-corrected chi connectivity index (χ4v) is 9.39. The highest BCUT2D eigenvalue weighted by Crippen LogP contribution is 2.44. The average molecular weight is 752 g/mol. The zero-order chi connectivity index (χ0) is 41.8. The summed E-state index contributed by atoms with van der Waals surface area (Å²) >= 11 is 1.73. The molecule has 0 N–H and O–H groups in total. The molecule has 12 aromatic rings. The molecule has 6 heteroatoms. The predicted octanol–water partition coefficient (Wildman–Crippen LogP) is 13.9. The Labute approximate surface area is 337 Å². The van der Waals surface area contributed by atoms with Gasteiger partial charge in [0.15, 0.2) is 17.5 Å². The topological polar surface area (TPSA) is 56.7 Å². The quantitative estimate of drug-likeness (QED) is 0.176. The lowest BCUT2D eigenvalue weighted by atomic mass is 10.0. The van der Waals surface area contributed by atoms with Gasteiger partial charge in [0.2, 0.25) is 0 Å². The number of benzene rings is 8. The number of nitrogens with zero attached hydrogens (tertiary/aromatic N) is 4. The molecule has 0 amide bonds. The predicted molar refractivity (Wildman–Crippen MR) is 236 cm³/mol. The van der Waals surface area contributed by atoms with Gasteiger partial charge in [0.25, 0.3) is 0 Å². The molecule has 8 aromatic carbocycles. The molecule has 0 aliphatic carbocycles. The van der Waals surface area contributed by atoms with Crippen molar-refractivity contribution >= 4 is 75.3 Å². The van der Waals surface area contributed by atoms with Crippen LogP contribution in [0.1, 0.15) is 6.85 Å². The molecule has 0 spiro atoms. The first-order chi connectivity index (χ1) is 30.3. The smallest absolute Gasteiger partial charge is 0.167 e. The Bertz CT molecular complexity index is 3760. The number of rotatable bonds is 5. The van der Waals surface area contributed by atoms with Gasteiger partial charge in [-0.3, -0.25) is 0 Å². The molecule has 0 bridgehead atoms. The van der Waals surface area contributed by atoms with Crippen LogP contribution in [0.5, 0.6) is 0 Å². The van der Waals surface area contributed by atoms with Crippen LogP contribution in [0.4, 0.5) is 0 Å². The molecule has 0 saturated heterocycles. The fraction of sp³-hybridized carbons (Fsp3) is 0. The van der Waals surface area contributed by atoms with Crippen LogP contribution in [-0.4, -0.2) is 19.5 Å². The number of fused-ring (bicyclic) bond motifs is 9. The zero-order valence-corrected chi connectivity index (χ0v) is 30.9. The van der Waals surface area contributed by atoms with Gasteiger partial charge in [0.1, 0.15) is 11.2 Å². The standard InChI is InChI=1S/C51H30N4OS/c1-3-15-31(16-4-1)34-22-13-23-37-40-29-33(55-42-25-10-7-19-35(42)36-20-8-11-26-43(36)55)30-41(48(40)56-47(34)37)51-53-49(32-17-5-2-6-18-32)52-50(54-51)39-24-14-28-45-46(39)38-21-9-12-27-44(38)57-45/h1-30H/i1D,3D,4D,15D,16D. The summed E-state index contributed by atoms with van der Waals surface area (Å²) < 4.78 is 54.6. The van der Waals surface area contributed by atoms with E-state index in [0.29, 0.717) is 45.2 Å². The summed E-state index contributed by atoms with van der Waals surface area (Å²) in [6.45, 7) is 0. The van der Waals surface area contributed by atoms with E-state index in [9.17, 15) is 0 Å². The van der Waals surface area contributed by atoms with Crippen LogP contribution in [0.3, 0.4) is 0 Å². The maximum atomic E-state index is 8.90. The Balaban J connectivity index is 1.21. The Morgan fingerprint density at radius 2 is 1.05 bits per heavy atom. The second-order valence-corrected chi connectivity index (χ2v) is 15.1. The molecule has 0 aliphatic heterocycles. The van der Waals surface area contributed by atoms with Gasteiger partial charge in [-0.2, -0.15) is 0 Å². The van der Waals surface area contributed by atoms with Crippen LogP contribution in [-0.2, 0) is 0 Å². The number of thiophene rings is 1. The molecule has 57 heavy (non-hydrogen) atoms. The summed E-state index contributed by atoms with van der Waals surface area (Å²) in [6, 6.07) is 48.9. The number of furan rings is 1. The number of hydrogen-bond donors (Lipinski definition) is 0. The highest BCUT2D eigenvalue weighted by atomic mass is 32.1. The third kappa shape index (κ3) is 4.98. The van der Waals surface area contributed by atoms with Crippen molar-refractivity contribution in [2.75, 3.05) is 0 Å². The van der Waals surface area contributed by atoms with Gasteiger partial charge < -0.3 is 8.98 Å². The highest BCUT2D eigenvalue weighted by Gasteiger charge is 2.23. The highest BCUT2D eigenvalue weighted by molar-refractivity contribution is 7.25. The summed E-state index contributed by atoms with van der Waals surface area (Å²) in [5, 5.41) is 5.86. The lowest BCUT2D eigenvalue weighted by Crippen LogP contribution is -2.02. The van der Waals surface area contributed by atoms with Gasteiger partial charge in [-0.05, 0) is 42.0 Å². The van der Waals surface area contributed by atoms with Crippen molar-refractivity contribution in [3.05, 3.63) is 182 Å². The van der Waals surface area contributed by atoms with Crippen molar-refractivity contribution in [2.45, 2.75) is 0 Å². The summed E-state index contributed by atoms with van der Waals surface area (Å²) in [4.78, 5) is 15.7. The first-order valence-corrected chi connectivity index (χ1v) is 19.4. The largest absolute Gasteiger partial charge is 0.455 e. The summed E-state index contributed by atoms with van der Waals surface area (Å²) in [7, 11) is 0. The third-order valence-electron chi connectivity index (χ3n) is 10.7. The van der Waals surface area contributed by atoms with E-state index in [1.165, 1.54) is 4.70 Å². The Kier molecular flexibility index (Phi) is 6.00. The van der Waals surface area contributed by atoms with Gasteiger partial charge >= 0.3 is 0 Å². The minimum Gasteiger partial charge on any atom is -0.455 e. The van der Waals surface area contributed by atoms with E-state index in [2.05, 4.69) is 77.4 Å². The third-order valence-corrected chi connectivity index (χ3v) is 11.9. The van der Waals surface area contributed by atoms with Crippen molar-refractivity contribution in [1.29, 1.82) is 0 Å². The van der Waals surface area contributed by atoms with Crippen molar-refractivity contribution in [1.82, 2.24) is 19.5 Å². The Hall–Kier alpha value is -7.41. The monoisotopic (exact) mass is 751 g/mol. The summed E-state index contributed by atoms with van der Waals surface area (Å²) in [5.74, 6) is 1.39. The van der Waals surface area contributed by atoms with E-state index in [4.69, 9.17) is 26.2 Å². The van der Waals surface area contributed by atoms with Crippen LogP contribution in [0.2, 0.25) is 0 Å². The lowest BCUT2D eigenvalue weighted by molar-refractivity contribution is 0.670.